The molecule has 0 aliphatic carbocycles. The van der Waals surface area contributed by atoms with E-state index < -0.39 is 0 Å². The molecule has 2 N–H and O–H groups in total. The summed E-state index contributed by atoms with van der Waals surface area (Å²) in [6.07, 6.45) is 1.96. The third-order valence-corrected chi connectivity index (χ3v) is 7.29. The Balaban J connectivity index is 1.75. The van der Waals surface area contributed by atoms with E-state index in [1.807, 2.05) is 20.8 Å². The van der Waals surface area contributed by atoms with Crippen molar-refractivity contribution in [2.24, 2.45) is 5.92 Å². The fraction of sp³-hybridized carbons (Fsp3) is 0.435. The minimum Gasteiger partial charge on any atom is -0.325 e. The number of aryl methyl sites for hydroxylation is 4. The summed E-state index contributed by atoms with van der Waals surface area (Å²) in [6.45, 7) is 12.4. The van der Waals surface area contributed by atoms with Gasteiger partial charge in [0.1, 0.15) is 4.83 Å². The van der Waals surface area contributed by atoms with Crippen LogP contribution in [0.5, 0.6) is 0 Å². The van der Waals surface area contributed by atoms with Crippen molar-refractivity contribution >= 4 is 44.9 Å². The summed E-state index contributed by atoms with van der Waals surface area (Å²) in [6, 6.07) is 4.11. The quantitative estimate of drug-likeness (QED) is 0.371. The molecule has 0 fully saturated rings. The first-order valence-electron chi connectivity index (χ1n) is 10.2. The Labute approximate surface area is 185 Å². The number of aromatic nitrogens is 2. The molecule has 1 atom stereocenters. The smallest absolute Gasteiger partial charge is 0.260 e. The molecule has 0 bridgehead atoms. The molecule has 0 saturated carbocycles. The van der Waals surface area contributed by atoms with E-state index in [1.54, 1.807) is 11.3 Å². The minimum absolute atomic E-state index is 0.113. The molecule has 3 aromatic rings. The van der Waals surface area contributed by atoms with Crippen LogP contribution in [0.15, 0.2) is 22.1 Å². The van der Waals surface area contributed by atoms with Crippen LogP contribution in [-0.2, 0) is 11.2 Å². The average molecular weight is 444 g/mol. The highest BCUT2D eigenvalue weighted by Gasteiger charge is 2.17. The van der Waals surface area contributed by atoms with Crippen molar-refractivity contribution in [1.82, 2.24) is 9.97 Å². The second kappa shape index (κ2) is 9.35. The predicted molar refractivity (Wildman–Crippen MR) is 128 cm³/mol. The van der Waals surface area contributed by atoms with Gasteiger partial charge in [-0.25, -0.2) is 4.98 Å². The molecule has 2 heterocycles. The van der Waals surface area contributed by atoms with E-state index in [4.69, 9.17) is 0 Å². The molecule has 5 nitrogen and oxygen atoms in total. The number of nitrogens with one attached hydrogen (secondary N) is 2. The number of amides is 1. The number of thiophene rings is 1. The molecule has 2 aromatic heterocycles. The number of carbonyl (C=O) groups excluding carboxylic acids is 1. The predicted octanol–water partition coefficient (Wildman–Crippen LogP) is 5.54. The van der Waals surface area contributed by atoms with E-state index in [-0.39, 0.29) is 17.2 Å². The third kappa shape index (κ3) is 4.95. The summed E-state index contributed by atoms with van der Waals surface area (Å²) in [4.78, 5) is 34.6. The first kappa shape index (κ1) is 22.6. The Morgan fingerprint density at radius 1 is 1.23 bits per heavy atom. The minimum atomic E-state index is -0.115. The number of thioether (sulfide) groups is 1. The Morgan fingerprint density at radius 3 is 2.53 bits per heavy atom. The van der Waals surface area contributed by atoms with Crippen LogP contribution in [0.25, 0.3) is 10.2 Å². The van der Waals surface area contributed by atoms with Crippen molar-refractivity contribution in [3.05, 3.63) is 49.6 Å². The lowest BCUT2D eigenvalue weighted by molar-refractivity contribution is -0.113. The summed E-state index contributed by atoms with van der Waals surface area (Å²) < 4.78 is 0. The van der Waals surface area contributed by atoms with Gasteiger partial charge in [0.2, 0.25) is 5.91 Å². The molecule has 0 saturated heterocycles. The molecule has 3 rings (SSSR count). The zero-order valence-corrected chi connectivity index (χ0v) is 20.1. The standard InChI is InChI=1S/C23H29N3O2S2/c1-7-12(2)10-17-16(6)30-22-19(17)21(28)25-23(26-22)29-11-18(27)24-20-14(4)8-13(3)9-15(20)5/h8-9,12H,7,10-11H2,1-6H3,(H,24,27)(H,25,26,28). The van der Waals surface area contributed by atoms with E-state index >= 15 is 0 Å². The molecule has 1 aromatic carbocycles. The molecule has 160 valence electrons. The van der Waals surface area contributed by atoms with E-state index in [9.17, 15) is 9.59 Å². The molecule has 1 amide bonds. The Bertz CT molecular complexity index is 1120. The number of hydrogen-bond acceptors (Lipinski definition) is 5. The highest BCUT2D eigenvalue weighted by molar-refractivity contribution is 7.99. The van der Waals surface area contributed by atoms with Gasteiger partial charge in [-0.15, -0.1) is 11.3 Å². The Hall–Kier alpha value is -2.12. The maximum Gasteiger partial charge on any atom is 0.260 e. The van der Waals surface area contributed by atoms with E-state index in [0.717, 1.165) is 44.9 Å². The first-order chi connectivity index (χ1) is 14.2. The molecule has 0 spiro atoms. The number of benzene rings is 1. The summed E-state index contributed by atoms with van der Waals surface area (Å²) in [5, 5.41) is 4.18. The second-order valence-corrected chi connectivity index (χ2v) is 10.2. The van der Waals surface area contributed by atoms with E-state index in [0.29, 0.717) is 16.5 Å². The molecule has 30 heavy (non-hydrogen) atoms. The fourth-order valence-electron chi connectivity index (χ4n) is 3.65. The van der Waals surface area contributed by atoms with Crippen LogP contribution >= 0.6 is 23.1 Å². The zero-order chi connectivity index (χ0) is 22.0. The number of fused-ring (bicyclic) bond motifs is 1. The number of aromatic amines is 1. The number of carbonyl (C=O) groups is 1. The summed E-state index contributed by atoms with van der Waals surface area (Å²) >= 11 is 2.81. The highest BCUT2D eigenvalue weighted by Crippen LogP contribution is 2.30. The molecule has 7 heteroatoms. The van der Waals surface area contributed by atoms with Crippen molar-refractivity contribution in [2.45, 2.75) is 59.5 Å². The number of anilines is 1. The second-order valence-electron chi connectivity index (χ2n) is 8.02. The lowest BCUT2D eigenvalue weighted by Gasteiger charge is -2.12. The highest BCUT2D eigenvalue weighted by atomic mass is 32.2. The van der Waals surface area contributed by atoms with Crippen molar-refractivity contribution in [3.63, 3.8) is 0 Å². The van der Waals surface area contributed by atoms with Crippen molar-refractivity contribution in [2.75, 3.05) is 11.1 Å². The van der Waals surface area contributed by atoms with Crippen LogP contribution < -0.4 is 10.9 Å². The largest absolute Gasteiger partial charge is 0.325 e. The van der Waals surface area contributed by atoms with Gasteiger partial charge in [-0.1, -0.05) is 49.7 Å². The molecular weight excluding hydrogens is 414 g/mol. The maximum absolute atomic E-state index is 12.8. The van der Waals surface area contributed by atoms with Crippen molar-refractivity contribution in [3.8, 4) is 0 Å². The van der Waals surface area contributed by atoms with Gasteiger partial charge in [-0.2, -0.15) is 0 Å². The SMILES string of the molecule is CCC(C)Cc1c(C)sc2nc(SCC(=O)Nc3c(C)cc(C)cc3C)[nH]c(=O)c12. The number of rotatable bonds is 7. The molecular formula is C23H29N3O2S2. The lowest BCUT2D eigenvalue weighted by atomic mass is 9.98. The summed E-state index contributed by atoms with van der Waals surface area (Å²) in [5.74, 6) is 0.593. The van der Waals surface area contributed by atoms with Crippen LogP contribution in [0.2, 0.25) is 0 Å². The van der Waals surface area contributed by atoms with Crippen LogP contribution in [0.1, 0.15) is 47.4 Å². The van der Waals surface area contributed by atoms with Gasteiger partial charge >= 0.3 is 0 Å². The molecule has 0 aliphatic rings. The summed E-state index contributed by atoms with van der Waals surface area (Å²) in [7, 11) is 0. The lowest BCUT2D eigenvalue weighted by Crippen LogP contribution is -2.17. The van der Waals surface area contributed by atoms with Gasteiger partial charge < -0.3 is 10.3 Å². The topological polar surface area (TPSA) is 74.8 Å². The first-order valence-corrected chi connectivity index (χ1v) is 12.0. The van der Waals surface area contributed by atoms with Gasteiger partial charge in [-0.3, -0.25) is 9.59 Å². The number of hydrogen-bond donors (Lipinski definition) is 2. The monoisotopic (exact) mass is 443 g/mol. The van der Waals surface area contributed by atoms with Crippen LogP contribution in [0.4, 0.5) is 5.69 Å². The number of H-pyrrole nitrogens is 1. The van der Waals surface area contributed by atoms with E-state index in [2.05, 4.69) is 48.2 Å². The molecule has 1 unspecified atom stereocenters. The molecule has 0 radical (unpaired) electrons. The maximum atomic E-state index is 12.8. The summed E-state index contributed by atoms with van der Waals surface area (Å²) in [5.41, 5.74) is 5.11. The number of nitrogens with zero attached hydrogens (tertiary/aromatic N) is 1. The average Bonchev–Trinajstić information content (AvgIpc) is 2.98. The van der Waals surface area contributed by atoms with Crippen LogP contribution in [-0.4, -0.2) is 21.6 Å². The van der Waals surface area contributed by atoms with Gasteiger partial charge in [0.15, 0.2) is 5.16 Å². The van der Waals surface area contributed by atoms with Gasteiger partial charge in [0, 0.05) is 10.6 Å². The third-order valence-electron chi connectivity index (χ3n) is 5.37. The normalized spacial score (nSPS) is 12.3. The fourth-order valence-corrected chi connectivity index (χ4v) is 5.42. The van der Waals surface area contributed by atoms with Crippen LogP contribution in [0, 0.1) is 33.6 Å². The van der Waals surface area contributed by atoms with Crippen molar-refractivity contribution in [1.29, 1.82) is 0 Å². The van der Waals surface area contributed by atoms with Gasteiger partial charge in [0.25, 0.3) is 5.56 Å². The molecule has 0 aliphatic heterocycles. The Morgan fingerprint density at radius 2 is 1.90 bits per heavy atom. The van der Waals surface area contributed by atoms with Crippen molar-refractivity contribution < 1.29 is 4.79 Å². The van der Waals surface area contributed by atoms with E-state index in [1.165, 1.54) is 17.3 Å². The zero-order valence-electron chi connectivity index (χ0n) is 18.4. The Kier molecular flexibility index (Phi) is 7.03. The van der Waals surface area contributed by atoms with Crippen LogP contribution in [0.3, 0.4) is 0 Å². The van der Waals surface area contributed by atoms with Gasteiger partial charge in [-0.05, 0) is 56.7 Å². The van der Waals surface area contributed by atoms with Gasteiger partial charge in [0.05, 0.1) is 11.1 Å².